The number of rotatable bonds is 10. The van der Waals surface area contributed by atoms with E-state index in [-0.39, 0.29) is 39.1 Å². The molecule has 4 rings (SSSR count). The summed E-state index contributed by atoms with van der Waals surface area (Å²) >= 11 is 16.2. The van der Waals surface area contributed by atoms with Crippen LogP contribution in [0.3, 0.4) is 0 Å². The van der Waals surface area contributed by atoms with Crippen molar-refractivity contribution < 1.29 is 18.0 Å². The minimum Gasteiger partial charge on any atom is -0.352 e. The van der Waals surface area contributed by atoms with Gasteiger partial charge >= 0.3 is 0 Å². The maximum atomic E-state index is 14.1. The van der Waals surface area contributed by atoms with E-state index in [0.717, 1.165) is 52.0 Å². The highest BCUT2D eigenvalue weighted by atomic mass is 79.9. The predicted octanol–water partition coefficient (Wildman–Crippen LogP) is 7.13. The molecular weight excluding hydrogens is 661 g/mol. The molecule has 3 aromatic carbocycles. The summed E-state index contributed by atoms with van der Waals surface area (Å²) in [6, 6.07) is 17.4. The van der Waals surface area contributed by atoms with Crippen LogP contribution in [0.1, 0.15) is 50.2 Å². The number of sulfonamides is 1. The molecule has 1 atom stereocenters. The number of anilines is 1. The average Bonchev–Trinajstić information content (AvgIpc) is 2.97. The minimum atomic E-state index is -4.25. The zero-order valence-electron chi connectivity index (χ0n) is 23.5. The number of aryl methyl sites for hydroxylation is 1. The molecule has 1 unspecified atom stereocenters. The lowest BCUT2D eigenvalue weighted by Crippen LogP contribution is -2.53. The summed E-state index contributed by atoms with van der Waals surface area (Å²) in [5, 5.41) is 3.48. The van der Waals surface area contributed by atoms with Gasteiger partial charge in [-0.05, 0) is 74.7 Å². The van der Waals surface area contributed by atoms with Crippen LogP contribution in [0.25, 0.3) is 0 Å². The molecule has 224 valence electrons. The summed E-state index contributed by atoms with van der Waals surface area (Å²) in [5.41, 5.74) is 1.74. The van der Waals surface area contributed by atoms with Gasteiger partial charge in [-0.1, -0.05) is 88.2 Å². The highest BCUT2D eigenvalue weighted by Crippen LogP contribution is 2.33. The number of hydrogen-bond donors (Lipinski definition) is 1. The third kappa shape index (κ3) is 8.07. The Balaban J connectivity index is 1.70. The number of carbonyl (C=O) groups is 2. The first kappa shape index (κ1) is 32.3. The topological polar surface area (TPSA) is 86.8 Å². The van der Waals surface area contributed by atoms with Crippen molar-refractivity contribution in [3.63, 3.8) is 0 Å². The maximum absolute atomic E-state index is 14.1. The molecule has 1 aliphatic rings. The predicted molar refractivity (Wildman–Crippen MR) is 171 cm³/mol. The van der Waals surface area contributed by atoms with Crippen molar-refractivity contribution in [2.24, 2.45) is 0 Å². The number of hydrogen-bond acceptors (Lipinski definition) is 4. The summed E-state index contributed by atoms with van der Waals surface area (Å²) < 4.78 is 29.8. The molecular formula is C31H34BrCl2N3O4S. The van der Waals surface area contributed by atoms with E-state index in [1.165, 1.54) is 29.2 Å². The van der Waals surface area contributed by atoms with Gasteiger partial charge in [0.15, 0.2) is 0 Å². The van der Waals surface area contributed by atoms with Gasteiger partial charge in [-0.2, -0.15) is 0 Å². The van der Waals surface area contributed by atoms with Gasteiger partial charge in [0.05, 0.1) is 15.6 Å². The maximum Gasteiger partial charge on any atom is 0.264 e. The SMILES string of the molecule is Cc1ccc(S(=O)(=O)N(CC(=O)N(Cc2ccc(Br)cc2)C(C)C(=O)NC2CCCCC2)c2cc(Cl)ccc2Cl)cc1. The first-order chi connectivity index (χ1) is 20.0. The first-order valence-electron chi connectivity index (χ1n) is 13.8. The molecule has 1 N–H and O–H groups in total. The molecule has 0 aromatic heterocycles. The number of nitrogens with zero attached hydrogens (tertiary/aromatic N) is 2. The number of amides is 2. The Morgan fingerprint density at radius 1 is 0.976 bits per heavy atom. The van der Waals surface area contributed by atoms with Gasteiger partial charge in [0.2, 0.25) is 11.8 Å². The van der Waals surface area contributed by atoms with E-state index in [0.29, 0.717) is 0 Å². The lowest BCUT2D eigenvalue weighted by atomic mass is 9.95. The van der Waals surface area contributed by atoms with Gasteiger partial charge in [-0.25, -0.2) is 8.42 Å². The lowest BCUT2D eigenvalue weighted by molar-refractivity contribution is -0.139. The van der Waals surface area contributed by atoms with Crippen molar-refractivity contribution in [2.75, 3.05) is 10.8 Å². The second-order valence-electron chi connectivity index (χ2n) is 10.6. The van der Waals surface area contributed by atoms with Crippen LogP contribution < -0.4 is 9.62 Å². The van der Waals surface area contributed by atoms with Crippen molar-refractivity contribution in [3.05, 3.63) is 92.4 Å². The van der Waals surface area contributed by atoms with Crippen LogP contribution in [-0.2, 0) is 26.2 Å². The molecule has 0 saturated heterocycles. The van der Waals surface area contributed by atoms with E-state index in [2.05, 4.69) is 21.2 Å². The van der Waals surface area contributed by atoms with Gasteiger partial charge < -0.3 is 10.2 Å². The quantitative estimate of drug-likeness (QED) is 0.245. The van der Waals surface area contributed by atoms with Crippen LogP contribution in [0.2, 0.25) is 10.0 Å². The molecule has 0 aliphatic heterocycles. The summed E-state index contributed by atoms with van der Waals surface area (Å²) in [6.45, 7) is 3.03. The Morgan fingerprint density at radius 3 is 2.26 bits per heavy atom. The molecule has 0 radical (unpaired) electrons. The van der Waals surface area contributed by atoms with Crippen LogP contribution in [-0.4, -0.2) is 43.8 Å². The van der Waals surface area contributed by atoms with Crippen LogP contribution in [0.5, 0.6) is 0 Å². The van der Waals surface area contributed by atoms with Gasteiger partial charge in [0.25, 0.3) is 10.0 Å². The summed E-state index contributed by atoms with van der Waals surface area (Å²) in [4.78, 5) is 29.0. The van der Waals surface area contributed by atoms with E-state index < -0.39 is 28.5 Å². The molecule has 1 fully saturated rings. The number of benzene rings is 3. The fourth-order valence-corrected chi connectivity index (χ4v) is 7.09. The highest BCUT2D eigenvalue weighted by Gasteiger charge is 2.34. The highest BCUT2D eigenvalue weighted by molar-refractivity contribution is 9.10. The first-order valence-corrected chi connectivity index (χ1v) is 16.8. The molecule has 0 heterocycles. The second-order valence-corrected chi connectivity index (χ2v) is 14.2. The van der Waals surface area contributed by atoms with Crippen LogP contribution in [0.15, 0.2) is 76.1 Å². The van der Waals surface area contributed by atoms with E-state index in [1.54, 1.807) is 25.1 Å². The van der Waals surface area contributed by atoms with E-state index in [1.807, 2.05) is 31.2 Å². The van der Waals surface area contributed by atoms with Crippen LogP contribution in [0, 0.1) is 6.92 Å². The number of halogens is 3. The molecule has 42 heavy (non-hydrogen) atoms. The fraction of sp³-hybridized carbons (Fsp3) is 0.355. The van der Waals surface area contributed by atoms with E-state index in [4.69, 9.17) is 23.2 Å². The van der Waals surface area contributed by atoms with Crippen molar-refractivity contribution in [3.8, 4) is 0 Å². The third-order valence-electron chi connectivity index (χ3n) is 7.45. The molecule has 2 amide bonds. The van der Waals surface area contributed by atoms with Gasteiger partial charge in [-0.3, -0.25) is 13.9 Å². The van der Waals surface area contributed by atoms with Gasteiger partial charge in [0.1, 0.15) is 12.6 Å². The Bertz CT molecular complexity index is 1510. The zero-order valence-corrected chi connectivity index (χ0v) is 27.4. The van der Waals surface area contributed by atoms with Gasteiger partial charge in [0, 0.05) is 22.1 Å². The van der Waals surface area contributed by atoms with Crippen LogP contribution in [0.4, 0.5) is 5.69 Å². The van der Waals surface area contributed by atoms with Crippen LogP contribution >= 0.6 is 39.1 Å². The largest absolute Gasteiger partial charge is 0.352 e. The van der Waals surface area contributed by atoms with E-state index >= 15 is 0 Å². The zero-order chi connectivity index (χ0) is 30.4. The Labute approximate surface area is 266 Å². The van der Waals surface area contributed by atoms with Crippen molar-refractivity contribution in [2.45, 2.75) is 69.5 Å². The van der Waals surface area contributed by atoms with Crippen molar-refractivity contribution in [1.82, 2.24) is 10.2 Å². The Hall–Kier alpha value is -2.59. The standard InChI is InChI=1S/C31H34BrCl2N3O4S/c1-21-8-15-27(16-9-21)42(40,41)37(29-18-25(33)14-17-28(29)34)20-30(38)36(19-23-10-12-24(32)13-11-23)22(2)31(39)35-26-6-4-3-5-7-26/h8-18,22,26H,3-7,19-20H2,1-2H3,(H,35,39). The normalized spacial score (nSPS) is 14.7. The molecule has 3 aromatic rings. The fourth-order valence-electron chi connectivity index (χ4n) is 4.97. The van der Waals surface area contributed by atoms with Gasteiger partial charge in [-0.15, -0.1) is 0 Å². The third-order valence-corrected chi connectivity index (χ3v) is 10.3. The van der Waals surface area contributed by atoms with E-state index in [9.17, 15) is 18.0 Å². The molecule has 1 aliphatic carbocycles. The van der Waals surface area contributed by atoms with Crippen molar-refractivity contribution in [1.29, 1.82) is 0 Å². The molecule has 7 nitrogen and oxygen atoms in total. The minimum absolute atomic E-state index is 0.000471. The molecule has 11 heteroatoms. The summed E-state index contributed by atoms with van der Waals surface area (Å²) in [6.07, 6.45) is 5.04. The van der Waals surface area contributed by atoms with Crippen molar-refractivity contribution >= 4 is 66.7 Å². The average molecular weight is 696 g/mol. The molecule has 0 spiro atoms. The Morgan fingerprint density at radius 2 is 1.62 bits per heavy atom. The number of nitrogens with one attached hydrogen (secondary N) is 1. The number of carbonyl (C=O) groups excluding carboxylic acids is 2. The monoisotopic (exact) mass is 693 g/mol. The smallest absolute Gasteiger partial charge is 0.264 e. The molecule has 0 bridgehead atoms. The summed E-state index contributed by atoms with van der Waals surface area (Å²) in [7, 11) is -4.25. The lowest BCUT2D eigenvalue weighted by Gasteiger charge is -2.33. The Kier molecular flexibility index (Phi) is 11.0. The second kappa shape index (κ2) is 14.3. The molecule has 1 saturated carbocycles. The summed E-state index contributed by atoms with van der Waals surface area (Å²) in [5.74, 6) is -0.836.